The predicted octanol–water partition coefficient (Wildman–Crippen LogP) is 11.0. The van der Waals surface area contributed by atoms with E-state index in [0.717, 1.165) is 53.3 Å². The molecule has 6 aromatic carbocycles. The third-order valence-corrected chi connectivity index (χ3v) is 12.3. The summed E-state index contributed by atoms with van der Waals surface area (Å²) in [6.45, 7) is 4.53. The van der Waals surface area contributed by atoms with Gasteiger partial charge in [0, 0.05) is 66.4 Å². The summed E-state index contributed by atoms with van der Waals surface area (Å²) in [4.78, 5) is 51.6. The fourth-order valence-electron chi connectivity index (χ4n) is 7.79. The minimum Gasteiger partial charge on any atom is -0.497 e. The minimum absolute atomic E-state index is 0.128. The van der Waals surface area contributed by atoms with Gasteiger partial charge in [0.1, 0.15) is 23.1 Å². The molecule has 336 valence electrons. The highest BCUT2D eigenvalue weighted by Crippen LogP contribution is 2.32. The molecule has 0 spiro atoms. The van der Waals surface area contributed by atoms with Crippen LogP contribution in [0.25, 0.3) is 21.8 Å². The molecule has 0 unspecified atom stereocenters. The van der Waals surface area contributed by atoms with Gasteiger partial charge in [0.2, 0.25) is 0 Å². The normalized spacial score (nSPS) is 10.9. The second-order valence-corrected chi connectivity index (χ2v) is 17.0. The molecule has 0 bridgehead atoms. The highest BCUT2D eigenvalue weighted by atomic mass is 79.9. The van der Waals surface area contributed by atoms with Crippen LogP contribution < -0.4 is 20.1 Å². The zero-order valence-electron chi connectivity index (χ0n) is 36.4. The van der Waals surface area contributed by atoms with Crippen LogP contribution in [0.1, 0.15) is 63.9 Å². The third-order valence-electron chi connectivity index (χ3n) is 11.2. The smallest absolute Gasteiger partial charge is 0.262 e. The van der Waals surface area contributed by atoms with E-state index in [1.807, 2.05) is 74.5 Å². The molecule has 66 heavy (non-hydrogen) atoms. The monoisotopic (exact) mass is 1020 g/mol. The van der Waals surface area contributed by atoms with Crippen molar-refractivity contribution < 1.29 is 37.4 Å². The number of aromatic nitrogens is 2. The lowest BCUT2D eigenvalue weighted by atomic mass is 10.1. The van der Waals surface area contributed by atoms with Crippen molar-refractivity contribution in [1.82, 2.24) is 19.8 Å². The first-order valence-corrected chi connectivity index (χ1v) is 22.4. The number of amides is 2. The van der Waals surface area contributed by atoms with E-state index in [2.05, 4.69) is 42.5 Å². The maximum absolute atomic E-state index is 13.4. The van der Waals surface area contributed by atoms with Crippen molar-refractivity contribution in [3.05, 3.63) is 199 Å². The van der Waals surface area contributed by atoms with Crippen molar-refractivity contribution in [3.63, 3.8) is 0 Å². The van der Waals surface area contributed by atoms with Gasteiger partial charge in [-0.15, -0.1) is 0 Å². The Morgan fingerprint density at radius 3 is 1.17 bits per heavy atom. The van der Waals surface area contributed by atoms with E-state index in [1.54, 1.807) is 47.6 Å². The summed E-state index contributed by atoms with van der Waals surface area (Å²) in [6.07, 6.45) is 1.03. The SMILES string of the molecule is COc1ccc2c(c1)c(CCNC(=O)c1ccc(F)cc1)c(C)n2C(=O)c1ccc(Br)cc1.COc1ccc2c(c1)c(CCNC(=O)c1ccc([18F])cc1)c(C)n2C(=O)c1ccc(Br)cc1. The Balaban J connectivity index is 0.000000196. The number of hydrogen-bond acceptors (Lipinski definition) is 6. The molecule has 2 amide bonds. The van der Waals surface area contributed by atoms with E-state index < -0.39 is 0 Å². The van der Waals surface area contributed by atoms with Crippen molar-refractivity contribution in [2.45, 2.75) is 26.7 Å². The first-order valence-electron chi connectivity index (χ1n) is 20.8. The molecule has 0 saturated heterocycles. The predicted molar refractivity (Wildman–Crippen MR) is 259 cm³/mol. The Bertz CT molecular complexity index is 2870. The van der Waals surface area contributed by atoms with Crippen LogP contribution in [-0.2, 0) is 12.8 Å². The Hall–Kier alpha value is -6.90. The zero-order chi connectivity index (χ0) is 47.1. The average molecular weight is 1020 g/mol. The molecule has 0 saturated carbocycles. The highest BCUT2D eigenvalue weighted by molar-refractivity contribution is 9.10. The Labute approximate surface area is 396 Å². The fourth-order valence-corrected chi connectivity index (χ4v) is 8.31. The van der Waals surface area contributed by atoms with Crippen LogP contribution in [0.3, 0.4) is 0 Å². The molecule has 8 rings (SSSR count). The maximum Gasteiger partial charge on any atom is 0.262 e. The van der Waals surface area contributed by atoms with E-state index in [1.165, 1.54) is 48.5 Å². The molecule has 0 aliphatic carbocycles. The number of hydrogen-bond donors (Lipinski definition) is 2. The molecule has 0 radical (unpaired) electrons. The van der Waals surface area contributed by atoms with Crippen molar-refractivity contribution in [3.8, 4) is 11.5 Å². The Kier molecular flexibility index (Phi) is 14.9. The van der Waals surface area contributed by atoms with Crippen molar-refractivity contribution in [2.24, 2.45) is 0 Å². The number of nitrogens with zero attached hydrogens (tertiary/aromatic N) is 2. The van der Waals surface area contributed by atoms with Crippen LogP contribution >= 0.6 is 31.9 Å². The number of fused-ring (bicyclic) bond motifs is 2. The number of nitrogens with one attached hydrogen (secondary N) is 2. The van der Waals surface area contributed by atoms with Gasteiger partial charge in [-0.2, -0.15) is 0 Å². The number of benzene rings is 6. The summed E-state index contributed by atoms with van der Waals surface area (Å²) in [7, 11) is 3.20. The summed E-state index contributed by atoms with van der Waals surface area (Å²) >= 11 is 6.80. The highest BCUT2D eigenvalue weighted by Gasteiger charge is 2.22. The molecular weight excluding hydrogens is 973 g/mol. The van der Waals surface area contributed by atoms with E-state index in [0.29, 0.717) is 59.7 Å². The first kappa shape index (κ1) is 47.1. The van der Waals surface area contributed by atoms with Gasteiger partial charge in [-0.3, -0.25) is 28.3 Å². The topological polar surface area (TPSA) is 121 Å². The quantitative estimate of drug-likeness (QED) is 0.126. The number of ether oxygens (including phenoxy) is 2. The molecule has 10 nitrogen and oxygen atoms in total. The molecule has 8 aromatic rings. The van der Waals surface area contributed by atoms with Crippen LogP contribution in [-0.4, -0.2) is 60.1 Å². The van der Waals surface area contributed by atoms with E-state index >= 15 is 0 Å². The summed E-state index contributed by atoms with van der Waals surface area (Å²) in [6, 6.07) is 36.5. The maximum atomic E-state index is 13.4. The standard InChI is InChI=1S/2C26H22BrFN2O3/c2*1-16-22(13-14-29-25(31)17-5-9-20(28)10-6-17)23-15-21(33-2)11-12-24(23)30(16)26(32)18-3-7-19(27)8-4-18/h2*3-12,15H,13-14H2,1-2H3,(H,29,31)/i28-1;. The summed E-state index contributed by atoms with van der Waals surface area (Å²) in [5.41, 5.74) is 7.01. The summed E-state index contributed by atoms with van der Waals surface area (Å²) < 4.78 is 42.2. The van der Waals surface area contributed by atoms with Gasteiger partial charge in [0.05, 0.1) is 25.3 Å². The van der Waals surface area contributed by atoms with Crippen molar-refractivity contribution in [1.29, 1.82) is 0 Å². The van der Waals surface area contributed by atoms with Crippen LogP contribution in [0.2, 0.25) is 0 Å². The summed E-state index contributed by atoms with van der Waals surface area (Å²) in [5.74, 6) is -0.216. The van der Waals surface area contributed by atoms with Gasteiger partial charge >= 0.3 is 0 Å². The summed E-state index contributed by atoms with van der Waals surface area (Å²) in [5, 5.41) is 7.54. The van der Waals surface area contributed by atoms with Crippen LogP contribution in [0, 0.1) is 25.5 Å². The van der Waals surface area contributed by atoms with Gasteiger partial charge in [-0.1, -0.05) is 31.9 Å². The molecular formula is C52H44Br2F2N4O6. The zero-order valence-corrected chi connectivity index (χ0v) is 39.6. The molecule has 0 aliphatic heterocycles. The first-order chi connectivity index (χ1) is 31.8. The number of carbonyl (C=O) groups excluding carboxylic acids is 4. The number of halogens is 4. The molecule has 2 N–H and O–H groups in total. The Morgan fingerprint density at radius 2 is 0.833 bits per heavy atom. The minimum atomic E-state index is -0.389. The van der Waals surface area contributed by atoms with Crippen LogP contribution in [0.5, 0.6) is 11.5 Å². The largest absolute Gasteiger partial charge is 0.497 e. The number of methoxy groups -OCH3 is 2. The van der Waals surface area contributed by atoms with Crippen molar-refractivity contribution in [2.75, 3.05) is 27.3 Å². The van der Waals surface area contributed by atoms with E-state index in [9.17, 15) is 28.0 Å². The van der Waals surface area contributed by atoms with Gasteiger partial charge in [0.15, 0.2) is 0 Å². The van der Waals surface area contributed by atoms with Gasteiger partial charge in [0.25, 0.3) is 23.6 Å². The molecule has 0 fully saturated rings. The van der Waals surface area contributed by atoms with Crippen LogP contribution in [0.15, 0.2) is 142 Å². The van der Waals surface area contributed by atoms with Gasteiger partial charge < -0.3 is 20.1 Å². The molecule has 14 heteroatoms. The average Bonchev–Trinajstić information content (AvgIpc) is 3.76. The lowest BCUT2D eigenvalue weighted by molar-refractivity contribution is 0.0945. The lowest BCUT2D eigenvalue weighted by Gasteiger charge is -2.09. The van der Waals surface area contributed by atoms with Crippen molar-refractivity contribution >= 4 is 77.3 Å². The van der Waals surface area contributed by atoms with Gasteiger partial charge in [-0.05, 0) is 171 Å². The molecule has 0 atom stereocenters. The van der Waals surface area contributed by atoms with E-state index in [4.69, 9.17) is 9.47 Å². The molecule has 0 aliphatic rings. The molecule has 2 heterocycles. The number of rotatable bonds is 12. The van der Waals surface area contributed by atoms with Gasteiger partial charge in [-0.25, -0.2) is 8.78 Å². The molecule has 2 aromatic heterocycles. The fraction of sp³-hybridized carbons (Fsp3) is 0.154. The number of carbonyl (C=O) groups is 4. The Morgan fingerprint density at radius 1 is 0.500 bits per heavy atom. The lowest BCUT2D eigenvalue weighted by Crippen LogP contribution is -2.25. The second-order valence-electron chi connectivity index (χ2n) is 15.2. The van der Waals surface area contributed by atoms with Crippen LogP contribution in [0.4, 0.5) is 8.78 Å². The second kappa shape index (κ2) is 20.9. The van der Waals surface area contributed by atoms with E-state index in [-0.39, 0.29) is 35.3 Å². The third kappa shape index (κ3) is 10.5.